The third-order valence-electron chi connectivity index (χ3n) is 2.70. The molecule has 1 atom stereocenters. The predicted octanol–water partition coefficient (Wildman–Crippen LogP) is 1.72. The van der Waals surface area contributed by atoms with Crippen molar-refractivity contribution in [1.29, 1.82) is 0 Å². The SMILES string of the molecule is CCCNCC(F)(F)CN1CCC1C. The van der Waals surface area contributed by atoms with Crippen molar-refractivity contribution in [3.05, 3.63) is 0 Å². The smallest absolute Gasteiger partial charge is 0.272 e. The molecule has 0 aliphatic carbocycles. The van der Waals surface area contributed by atoms with Gasteiger partial charge >= 0.3 is 0 Å². The maximum absolute atomic E-state index is 13.3. The van der Waals surface area contributed by atoms with Gasteiger partial charge in [-0.05, 0) is 26.3 Å². The summed E-state index contributed by atoms with van der Waals surface area (Å²) in [5, 5.41) is 2.77. The van der Waals surface area contributed by atoms with Gasteiger partial charge in [0.15, 0.2) is 0 Å². The van der Waals surface area contributed by atoms with E-state index < -0.39 is 5.92 Å². The predicted molar refractivity (Wildman–Crippen MR) is 53.8 cm³/mol. The molecule has 1 saturated heterocycles. The van der Waals surface area contributed by atoms with Gasteiger partial charge in [0.2, 0.25) is 0 Å². The van der Waals surface area contributed by atoms with Crippen LogP contribution in [0.15, 0.2) is 0 Å². The van der Waals surface area contributed by atoms with Crippen LogP contribution in [-0.4, -0.2) is 43.0 Å². The number of rotatable bonds is 6. The van der Waals surface area contributed by atoms with Gasteiger partial charge in [0.1, 0.15) is 0 Å². The number of nitrogens with zero attached hydrogens (tertiary/aromatic N) is 1. The topological polar surface area (TPSA) is 15.3 Å². The van der Waals surface area contributed by atoms with Crippen molar-refractivity contribution in [3.63, 3.8) is 0 Å². The van der Waals surface area contributed by atoms with Crippen LogP contribution in [0.1, 0.15) is 26.7 Å². The summed E-state index contributed by atoms with van der Waals surface area (Å²) < 4.78 is 26.6. The Labute approximate surface area is 84.7 Å². The lowest BCUT2D eigenvalue weighted by atomic mass is 10.0. The third-order valence-corrected chi connectivity index (χ3v) is 2.70. The molecule has 1 unspecified atom stereocenters. The molecule has 0 aromatic heterocycles. The Morgan fingerprint density at radius 2 is 2.21 bits per heavy atom. The molecular formula is C10H20F2N2. The van der Waals surface area contributed by atoms with Crippen molar-refractivity contribution in [1.82, 2.24) is 10.2 Å². The lowest BCUT2D eigenvalue weighted by molar-refractivity contribution is -0.0603. The van der Waals surface area contributed by atoms with Crippen molar-refractivity contribution >= 4 is 0 Å². The first kappa shape index (κ1) is 11.9. The number of alkyl halides is 2. The second kappa shape index (κ2) is 5.03. The summed E-state index contributed by atoms with van der Waals surface area (Å²) in [6.45, 7) is 5.19. The van der Waals surface area contributed by atoms with Crippen molar-refractivity contribution in [2.75, 3.05) is 26.2 Å². The van der Waals surface area contributed by atoms with E-state index in [4.69, 9.17) is 0 Å². The standard InChI is InChI=1S/C10H20F2N2/c1-3-5-13-7-10(11,12)8-14-6-4-9(14)2/h9,13H,3-8H2,1-2H3. The van der Waals surface area contributed by atoms with E-state index in [-0.39, 0.29) is 13.1 Å². The van der Waals surface area contributed by atoms with E-state index in [0.29, 0.717) is 12.6 Å². The largest absolute Gasteiger partial charge is 0.311 e. The maximum Gasteiger partial charge on any atom is 0.272 e. The Morgan fingerprint density at radius 1 is 1.50 bits per heavy atom. The first-order valence-electron chi connectivity index (χ1n) is 5.38. The average molecular weight is 206 g/mol. The molecular weight excluding hydrogens is 186 g/mol. The molecule has 1 aliphatic heterocycles. The van der Waals surface area contributed by atoms with Crippen LogP contribution in [0, 0.1) is 0 Å². The summed E-state index contributed by atoms with van der Waals surface area (Å²) in [6.07, 6.45) is 1.95. The summed E-state index contributed by atoms with van der Waals surface area (Å²) in [5.74, 6) is -2.58. The van der Waals surface area contributed by atoms with Gasteiger partial charge in [0.25, 0.3) is 5.92 Å². The van der Waals surface area contributed by atoms with Crippen LogP contribution in [0.5, 0.6) is 0 Å². The Kier molecular flexibility index (Phi) is 4.26. The van der Waals surface area contributed by atoms with Crippen LogP contribution >= 0.6 is 0 Å². The normalized spacial score (nSPS) is 23.6. The van der Waals surface area contributed by atoms with E-state index >= 15 is 0 Å². The second-order valence-corrected chi connectivity index (χ2v) is 4.14. The molecule has 0 aromatic rings. The number of likely N-dealkylation sites (tertiary alicyclic amines) is 1. The van der Waals surface area contributed by atoms with E-state index in [0.717, 1.165) is 19.4 Å². The molecule has 1 fully saturated rings. The molecule has 4 heteroatoms. The van der Waals surface area contributed by atoms with Gasteiger partial charge in [-0.25, -0.2) is 8.78 Å². The lowest BCUT2D eigenvalue weighted by Gasteiger charge is -2.40. The monoisotopic (exact) mass is 206 g/mol. The molecule has 1 heterocycles. The zero-order chi connectivity index (χ0) is 10.6. The molecule has 1 rings (SSSR count). The molecule has 0 amide bonds. The maximum atomic E-state index is 13.3. The molecule has 0 saturated carbocycles. The fraction of sp³-hybridized carbons (Fsp3) is 1.00. The fourth-order valence-corrected chi connectivity index (χ4v) is 1.61. The molecule has 1 aliphatic rings. The van der Waals surface area contributed by atoms with E-state index in [1.54, 1.807) is 0 Å². The van der Waals surface area contributed by atoms with Gasteiger partial charge in [0.05, 0.1) is 13.1 Å². The van der Waals surface area contributed by atoms with Gasteiger partial charge in [-0.15, -0.1) is 0 Å². The van der Waals surface area contributed by atoms with Gasteiger partial charge in [-0.1, -0.05) is 6.92 Å². The highest BCUT2D eigenvalue weighted by atomic mass is 19.3. The molecule has 1 N–H and O–H groups in total. The molecule has 0 bridgehead atoms. The van der Waals surface area contributed by atoms with Crippen molar-refractivity contribution in [2.45, 2.75) is 38.7 Å². The highest BCUT2D eigenvalue weighted by molar-refractivity contribution is 4.84. The summed E-state index contributed by atoms with van der Waals surface area (Å²) in [7, 11) is 0. The molecule has 0 spiro atoms. The third kappa shape index (κ3) is 3.50. The van der Waals surface area contributed by atoms with Gasteiger partial charge in [0, 0.05) is 12.6 Å². The van der Waals surface area contributed by atoms with Gasteiger partial charge in [-0.2, -0.15) is 0 Å². The first-order chi connectivity index (χ1) is 6.55. The molecule has 0 radical (unpaired) electrons. The summed E-state index contributed by atoms with van der Waals surface area (Å²) in [5.41, 5.74) is 0. The van der Waals surface area contributed by atoms with Crippen LogP contribution in [0.25, 0.3) is 0 Å². The number of hydrogen-bond donors (Lipinski definition) is 1. The Bertz CT molecular complexity index is 174. The molecule has 84 valence electrons. The fourth-order valence-electron chi connectivity index (χ4n) is 1.61. The summed E-state index contributed by atoms with van der Waals surface area (Å²) in [4.78, 5) is 1.84. The van der Waals surface area contributed by atoms with Crippen LogP contribution in [0.3, 0.4) is 0 Å². The quantitative estimate of drug-likeness (QED) is 0.666. The van der Waals surface area contributed by atoms with Crippen molar-refractivity contribution in [3.8, 4) is 0 Å². The van der Waals surface area contributed by atoms with Crippen molar-refractivity contribution < 1.29 is 8.78 Å². The minimum absolute atomic E-state index is 0.0924. The molecule has 0 aromatic carbocycles. The van der Waals surface area contributed by atoms with E-state index in [1.807, 2.05) is 18.7 Å². The highest BCUT2D eigenvalue weighted by Gasteiger charge is 2.35. The van der Waals surface area contributed by atoms with Gasteiger partial charge in [-0.3, -0.25) is 4.90 Å². The van der Waals surface area contributed by atoms with Crippen LogP contribution in [-0.2, 0) is 0 Å². The van der Waals surface area contributed by atoms with Crippen LogP contribution in [0.4, 0.5) is 8.78 Å². The first-order valence-corrected chi connectivity index (χ1v) is 5.38. The number of halogens is 2. The van der Waals surface area contributed by atoms with Crippen LogP contribution in [0.2, 0.25) is 0 Å². The summed E-state index contributed by atoms with van der Waals surface area (Å²) >= 11 is 0. The van der Waals surface area contributed by atoms with E-state index in [2.05, 4.69) is 5.32 Å². The number of nitrogens with one attached hydrogen (secondary N) is 1. The summed E-state index contributed by atoms with van der Waals surface area (Å²) in [6, 6.07) is 0.340. The van der Waals surface area contributed by atoms with Crippen LogP contribution < -0.4 is 5.32 Å². The van der Waals surface area contributed by atoms with E-state index in [1.165, 1.54) is 0 Å². The molecule has 14 heavy (non-hydrogen) atoms. The zero-order valence-electron chi connectivity index (χ0n) is 9.02. The average Bonchev–Trinajstić information content (AvgIpc) is 2.12. The second-order valence-electron chi connectivity index (χ2n) is 4.14. The minimum atomic E-state index is -2.58. The zero-order valence-corrected chi connectivity index (χ0v) is 9.02. The van der Waals surface area contributed by atoms with Gasteiger partial charge < -0.3 is 5.32 Å². The van der Waals surface area contributed by atoms with E-state index in [9.17, 15) is 8.78 Å². The Hall–Kier alpha value is -0.220. The number of hydrogen-bond acceptors (Lipinski definition) is 2. The molecule has 2 nitrogen and oxygen atoms in total. The lowest BCUT2D eigenvalue weighted by Crippen LogP contribution is -2.53. The highest BCUT2D eigenvalue weighted by Crippen LogP contribution is 2.22. The Morgan fingerprint density at radius 3 is 2.64 bits per heavy atom. The van der Waals surface area contributed by atoms with Crippen molar-refractivity contribution in [2.24, 2.45) is 0 Å². The minimum Gasteiger partial charge on any atom is -0.311 e. The Balaban J connectivity index is 2.19.